The van der Waals surface area contributed by atoms with E-state index in [4.69, 9.17) is 16.3 Å². The SMILES string of the molecule is CC(C)(C)OC(=O)NCC=Cc1ccc(O)c(Cl)c1. The smallest absolute Gasteiger partial charge is 0.407 e. The number of hydrogen-bond acceptors (Lipinski definition) is 3. The Morgan fingerprint density at radius 2 is 2.16 bits per heavy atom. The van der Waals surface area contributed by atoms with E-state index in [2.05, 4.69) is 5.32 Å². The standard InChI is InChI=1S/C14H18ClNO3/c1-14(2,3)19-13(18)16-8-4-5-10-6-7-12(17)11(15)9-10/h4-7,9,17H,8H2,1-3H3,(H,16,18). The zero-order chi connectivity index (χ0) is 14.5. The highest BCUT2D eigenvalue weighted by molar-refractivity contribution is 6.32. The third-order valence-corrected chi connectivity index (χ3v) is 2.35. The predicted octanol–water partition coefficient (Wildman–Crippen LogP) is 3.58. The van der Waals surface area contributed by atoms with Gasteiger partial charge >= 0.3 is 6.09 Å². The number of aromatic hydroxyl groups is 1. The molecule has 4 nitrogen and oxygen atoms in total. The van der Waals surface area contributed by atoms with E-state index in [-0.39, 0.29) is 5.75 Å². The van der Waals surface area contributed by atoms with E-state index in [0.717, 1.165) is 5.56 Å². The van der Waals surface area contributed by atoms with Gasteiger partial charge in [0.2, 0.25) is 0 Å². The van der Waals surface area contributed by atoms with E-state index in [1.54, 1.807) is 45.1 Å². The lowest BCUT2D eigenvalue weighted by molar-refractivity contribution is 0.0534. The molecule has 1 aromatic rings. The van der Waals surface area contributed by atoms with Gasteiger partial charge in [0.1, 0.15) is 11.4 Å². The number of carbonyl (C=O) groups is 1. The van der Waals surface area contributed by atoms with Crippen LogP contribution in [0.1, 0.15) is 26.3 Å². The van der Waals surface area contributed by atoms with Crippen LogP contribution in [0.25, 0.3) is 6.08 Å². The first-order valence-electron chi connectivity index (χ1n) is 5.90. The van der Waals surface area contributed by atoms with Crippen LogP contribution < -0.4 is 5.32 Å². The molecule has 0 saturated carbocycles. The van der Waals surface area contributed by atoms with Crippen molar-refractivity contribution in [2.75, 3.05) is 6.54 Å². The molecule has 1 aromatic carbocycles. The number of ether oxygens (including phenoxy) is 1. The minimum absolute atomic E-state index is 0.0469. The Bertz CT molecular complexity index is 478. The van der Waals surface area contributed by atoms with Crippen LogP contribution in [-0.2, 0) is 4.74 Å². The van der Waals surface area contributed by atoms with Crippen molar-refractivity contribution in [1.29, 1.82) is 0 Å². The summed E-state index contributed by atoms with van der Waals surface area (Å²) in [5.41, 5.74) is 0.340. The highest BCUT2D eigenvalue weighted by Gasteiger charge is 2.14. The Labute approximate surface area is 118 Å². The maximum atomic E-state index is 11.3. The zero-order valence-corrected chi connectivity index (χ0v) is 12.0. The van der Waals surface area contributed by atoms with Crippen molar-refractivity contribution >= 4 is 23.8 Å². The van der Waals surface area contributed by atoms with E-state index in [0.29, 0.717) is 11.6 Å². The summed E-state index contributed by atoms with van der Waals surface area (Å²) in [7, 11) is 0. The molecule has 2 N–H and O–H groups in total. The lowest BCUT2D eigenvalue weighted by Gasteiger charge is -2.19. The number of carbonyl (C=O) groups excluding carboxylic acids is 1. The average Bonchev–Trinajstić information content (AvgIpc) is 2.27. The van der Waals surface area contributed by atoms with Crippen molar-refractivity contribution in [2.24, 2.45) is 0 Å². The molecule has 0 atom stereocenters. The Hall–Kier alpha value is -1.68. The Morgan fingerprint density at radius 3 is 2.74 bits per heavy atom. The summed E-state index contributed by atoms with van der Waals surface area (Å²) >= 11 is 5.78. The second kappa shape index (κ2) is 6.48. The molecule has 0 fully saturated rings. The maximum Gasteiger partial charge on any atom is 0.407 e. The average molecular weight is 284 g/mol. The number of phenols is 1. The number of benzene rings is 1. The molecule has 0 heterocycles. The molecule has 19 heavy (non-hydrogen) atoms. The Kier molecular flexibility index (Phi) is 5.24. The van der Waals surface area contributed by atoms with Gasteiger partial charge in [0.15, 0.2) is 0 Å². The van der Waals surface area contributed by atoms with Crippen molar-refractivity contribution in [3.8, 4) is 5.75 Å². The fourth-order valence-electron chi connectivity index (χ4n) is 1.28. The van der Waals surface area contributed by atoms with Gasteiger partial charge in [0, 0.05) is 6.54 Å². The fraction of sp³-hybridized carbons (Fsp3) is 0.357. The zero-order valence-electron chi connectivity index (χ0n) is 11.2. The molecule has 1 rings (SSSR count). The summed E-state index contributed by atoms with van der Waals surface area (Å²) in [6.07, 6.45) is 3.11. The topological polar surface area (TPSA) is 58.6 Å². The summed E-state index contributed by atoms with van der Waals surface area (Å²) < 4.78 is 5.09. The molecule has 0 bridgehead atoms. The van der Waals surface area contributed by atoms with Crippen LogP contribution in [0, 0.1) is 0 Å². The first-order chi connectivity index (χ1) is 8.78. The predicted molar refractivity (Wildman–Crippen MR) is 76.4 cm³/mol. The molecule has 0 saturated heterocycles. The van der Waals surface area contributed by atoms with Gasteiger partial charge < -0.3 is 15.2 Å². The van der Waals surface area contributed by atoms with Crippen LogP contribution in [0.5, 0.6) is 5.75 Å². The van der Waals surface area contributed by atoms with Gasteiger partial charge in [-0.05, 0) is 38.5 Å². The highest BCUT2D eigenvalue weighted by atomic mass is 35.5. The normalized spacial score (nSPS) is 11.6. The number of nitrogens with one attached hydrogen (secondary N) is 1. The molecule has 0 aromatic heterocycles. The van der Waals surface area contributed by atoms with E-state index >= 15 is 0 Å². The van der Waals surface area contributed by atoms with Crippen molar-refractivity contribution in [3.05, 3.63) is 34.9 Å². The summed E-state index contributed by atoms with van der Waals surface area (Å²) in [5.74, 6) is 0.0469. The number of alkyl carbamates (subject to hydrolysis) is 1. The Morgan fingerprint density at radius 1 is 1.47 bits per heavy atom. The molecule has 5 heteroatoms. The van der Waals surface area contributed by atoms with Gasteiger partial charge in [0.25, 0.3) is 0 Å². The summed E-state index contributed by atoms with van der Waals surface area (Å²) in [6.45, 7) is 5.77. The molecule has 0 aliphatic heterocycles. The van der Waals surface area contributed by atoms with Crippen molar-refractivity contribution in [3.63, 3.8) is 0 Å². The molecule has 0 unspecified atom stereocenters. The lowest BCUT2D eigenvalue weighted by atomic mass is 10.2. The van der Waals surface area contributed by atoms with Crippen LogP contribution in [0.4, 0.5) is 4.79 Å². The lowest BCUT2D eigenvalue weighted by Crippen LogP contribution is -2.32. The number of rotatable bonds is 3. The highest BCUT2D eigenvalue weighted by Crippen LogP contribution is 2.23. The minimum Gasteiger partial charge on any atom is -0.506 e. The van der Waals surface area contributed by atoms with Gasteiger partial charge in [-0.15, -0.1) is 0 Å². The molecule has 0 spiro atoms. The minimum atomic E-state index is -0.502. The first kappa shape index (κ1) is 15.4. The number of amides is 1. The quantitative estimate of drug-likeness (QED) is 0.891. The largest absolute Gasteiger partial charge is 0.506 e. The van der Waals surface area contributed by atoms with Gasteiger partial charge in [-0.2, -0.15) is 0 Å². The van der Waals surface area contributed by atoms with Crippen molar-refractivity contribution in [2.45, 2.75) is 26.4 Å². The van der Waals surface area contributed by atoms with Gasteiger partial charge in [-0.1, -0.05) is 29.8 Å². The van der Waals surface area contributed by atoms with Gasteiger partial charge in [-0.25, -0.2) is 4.79 Å². The number of phenolic OH excluding ortho intramolecular Hbond substituents is 1. The van der Waals surface area contributed by atoms with Gasteiger partial charge in [0.05, 0.1) is 5.02 Å². The summed E-state index contributed by atoms with van der Waals surface area (Å²) in [6, 6.07) is 4.88. The van der Waals surface area contributed by atoms with E-state index in [1.807, 2.05) is 0 Å². The maximum absolute atomic E-state index is 11.3. The molecule has 0 aliphatic carbocycles. The van der Waals surface area contributed by atoms with Crippen LogP contribution in [-0.4, -0.2) is 23.3 Å². The van der Waals surface area contributed by atoms with Crippen LogP contribution in [0.2, 0.25) is 5.02 Å². The third-order valence-electron chi connectivity index (χ3n) is 2.05. The molecule has 0 aliphatic rings. The third kappa shape index (κ3) is 6.15. The second-order valence-corrected chi connectivity index (χ2v) is 5.40. The number of hydrogen-bond donors (Lipinski definition) is 2. The van der Waals surface area contributed by atoms with Crippen LogP contribution in [0.15, 0.2) is 24.3 Å². The van der Waals surface area contributed by atoms with E-state index < -0.39 is 11.7 Å². The van der Waals surface area contributed by atoms with E-state index in [9.17, 15) is 9.90 Å². The van der Waals surface area contributed by atoms with Gasteiger partial charge in [-0.3, -0.25) is 0 Å². The fourth-order valence-corrected chi connectivity index (χ4v) is 1.47. The van der Waals surface area contributed by atoms with E-state index in [1.165, 1.54) is 6.07 Å². The van der Waals surface area contributed by atoms with Crippen molar-refractivity contribution in [1.82, 2.24) is 5.32 Å². The van der Waals surface area contributed by atoms with Crippen LogP contribution >= 0.6 is 11.6 Å². The van der Waals surface area contributed by atoms with Crippen LogP contribution in [0.3, 0.4) is 0 Å². The van der Waals surface area contributed by atoms with Crippen molar-refractivity contribution < 1.29 is 14.6 Å². The first-order valence-corrected chi connectivity index (χ1v) is 6.27. The molecule has 104 valence electrons. The molecule has 0 radical (unpaired) electrons. The monoisotopic (exact) mass is 283 g/mol. The molecular weight excluding hydrogens is 266 g/mol. The summed E-state index contributed by atoms with van der Waals surface area (Å²) in [5, 5.41) is 12.2. The number of halogens is 1. The Balaban J connectivity index is 2.42. The molecular formula is C14H18ClNO3. The summed E-state index contributed by atoms with van der Waals surface area (Å²) in [4.78, 5) is 11.3. The second-order valence-electron chi connectivity index (χ2n) is 5.00. The molecule has 1 amide bonds.